The number of aromatic nitrogens is 3. The normalized spacial score (nSPS) is 10.7. The molecule has 0 spiro atoms. The van der Waals surface area contributed by atoms with Crippen LogP contribution >= 0.6 is 0 Å². The summed E-state index contributed by atoms with van der Waals surface area (Å²) in [6, 6.07) is 9.46. The van der Waals surface area contributed by atoms with E-state index < -0.39 is 5.97 Å². The lowest BCUT2D eigenvalue weighted by Gasteiger charge is -1.99. The first kappa shape index (κ1) is 10.5. The molecule has 0 amide bonds. The van der Waals surface area contributed by atoms with Crippen LogP contribution in [-0.2, 0) is 0 Å². The standard InChI is InChI=1S/C13H9N3O2/c17-13(18)11-10-8-14-6-7-16(10)12(15-11)9-4-2-1-3-5-9/h1-8H,(H,17,18). The van der Waals surface area contributed by atoms with Crippen LogP contribution in [0, 0.1) is 0 Å². The maximum absolute atomic E-state index is 11.2. The Labute approximate surface area is 102 Å². The molecule has 2 aromatic heterocycles. The molecule has 3 rings (SSSR count). The maximum atomic E-state index is 11.2. The minimum Gasteiger partial charge on any atom is -0.476 e. The summed E-state index contributed by atoms with van der Waals surface area (Å²) in [4.78, 5) is 19.3. The van der Waals surface area contributed by atoms with Crippen molar-refractivity contribution in [2.45, 2.75) is 0 Å². The van der Waals surface area contributed by atoms with Crippen molar-refractivity contribution in [2.75, 3.05) is 0 Å². The molecule has 1 aromatic carbocycles. The fraction of sp³-hybridized carbons (Fsp3) is 0. The summed E-state index contributed by atoms with van der Waals surface area (Å²) >= 11 is 0. The van der Waals surface area contributed by atoms with E-state index in [1.165, 1.54) is 6.20 Å². The van der Waals surface area contributed by atoms with Gasteiger partial charge >= 0.3 is 5.97 Å². The number of rotatable bonds is 2. The third kappa shape index (κ3) is 1.53. The van der Waals surface area contributed by atoms with Gasteiger partial charge in [-0.2, -0.15) is 0 Å². The molecule has 88 valence electrons. The smallest absolute Gasteiger partial charge is 0.356 e. The second-order valence-corrected chi connectivity index (χ2v) is 3.79. The van der Waals surface area contributed by atoms with Gasteiger partial charge in [-0.3, -0.25) is 9.38 Å². The SMILES string of the molecule is O=C(O)c1nc(-c2ccccc2)n2ccncc12. The molecule has 0 saturated heterocycles. The molecule has 0 aliphatic carbocycles. The highest BCUT2D eigenvalue weighted by molar-refractivity contribution is 5.94. The van der Waals surface area contributed by atoms with Gasteiger partial charge in [-0.25, -0.2) is 9.78 Å². The van der Waals surface area contributed by atoms with E-state index in [2.05, 4.69) is 9.97 Å². The van der Waals surface area contributed by atoms with Crippen molar-refractivity contribution in [1.82, 2.24) is 14.4 Å². The lowest BCUT2D eigenvalue weighted by molar-refractivity contribution is 0.0693. The molecule has 0 atom stereocenters. The zero-order chi connectivity index (χ0) is 12.5. The lowest BCUT2D eigenvalue weighted by Crippen LogP contribution is -1.97. The Kier molecular flexibility index (Phi) is 2.30. The second-order valence-electron chi connectivity index (χ2n) is 3.79. The quantitative estimate of drug-likeness (QED) is 0.743. The lowest BCUT2D eigenvalue weighted by atomic mass is 10.2. The van der Waals surface area contributed by atoms with E-state index in [0.717, 1.165) is 5.56 Å². The largest absolute Gasteiger partial charge is 0.476 e. The Morgan fingerprint density at radius 2 is 2.00 bits per heavy atom. The van der Waals surface area contributed by atoms with E-state index >= 15 is 0 Å². The highest BCUT2D eigenvalue weighted by atomic mass is 16.4. The van der Waals surface area contributed by atoms with E-state index in [4.69, 9.17) is 5.11 Å². The first-order chi connectivity index (χ1) is 8.77. The average molecular weight is 239 g/mol. The summed E-state index contributed by atoms with van der Waals surface area (Å²) in [6.45, 7) is 0. The van der Waals surface area contributed by atoms with Crippen LogP contribution in [0.2, 0.25) is 0 Å². The molecule has 3 aromatic rings. The number of carboxylic acid groups (broad SMARTS) is 1. The van der Waals surface area contributed by atoms with Gasteiger partial charge in [0.15, 0.2) is 5.69 Å². The number of hydrogen-bond acceptors (Lipinski definition) is 3. The third-order valence-electron chi connectivity index (χ3n) is 2.68. The van der Waals surface area contributed by atoms with Gasteiger partial charge in [0.1, 0.15) is 5.82 Å². The molecule has 0 radical (unpaired) electrons. The van der Waals surface area contributed by atoms with Gasteiger partial charge in [0.05, 0.1) is 11.7 Å². The molecule has 2 heterocycles. The fourth-order valence-electron chi connectivity index (χ4n) is 1.89. The van der Waals surface area contributed by atoms with Crippen LogP contribution in [0.5, 0.6) is 0 Å². The molecule has 0 saturated carbocycles. The number of imidazole rings is 1. The zero-order valence-electron chi connectivity index (χ0n) is 9.32. The second kappa shape index (κ2) is 3.96. The molecule has 0 aliphatic heterocycles. The van der Waals surface area contributed by atoms with Gasteiger partial charge in [0.2, 0.25) is 0 Å². The molecule has 0 bridgehead atoms. The number of hydrogen-bond donors (Lipinski definition) is 1. The van der Waals surface area contributed by atoms with Gasteiger partial charge in [-0.05, 0) is 0 Å². The van der Waals surface area contributed by atoms with Crippen molar-refractivity contribution in [3.63, 3.8) is 0 Å². The van der Waals surface area contributed by atoms with Crippen LogP contribution in [0.4, 0.5) is 0 Å². The number of nitrogens with zero attached hydrogens (tertiary/aromatic N) is 3. The van der Waals surface area contributed by atoms with E-state index in [1.54, 1.807) is 16.8 Å². The van der Waals surface area contributed by atoms with Crippen molar-refractivity contribution in [3.8, 4) is 11.4 Å². The Hall–Kier alpha value is -2.69. The van der Waals surface area contributed by atoms with E-state index in [9.17, 15) is 4.79 Å². The van der Waals surface area contributed by atoms with Gasteiger partial charge in [0, 0.05) is 18.0 Å². The molecule has 5 nitrogen and oxygen atoms in total. The van der Waals surface area contributed by atoms with Crippen molar-refractivity contribution < 1.29 is 9.90 Å². The van der Waals surface area contributed by atoms with Crippen molar-refractivity contribution in [1.29, 1.82) is 0 Å². The van der Waals surface area contributed by atoms with Gasteiger partial charge in [0.25, 0.3) is 0 Å². The molecule has 18 heavy (non-hydrogen) atoms. The van der Waals surface area contributed by atoms with Crippen LogP contribution < -0.4 is 0 Å². The van der Waals surface area contributed by atoms with Gasteiger partial charge in [-0.1, -0.05) is 30.3 Å². The Morgan fingerprint density at radius 3 is 2.72 bits per heavy atom. The number of aromatic carboxylic acids is 1. The molecule has 1 N–H and O–H groups in total. The highest BCUT2D eigenvalue weighted by Gasteiger charge is 2.17. The van der Waals surface area contributed by atoms with Crippen LogP contribution in [0.15, 0.2) is 48.9 Å². The minimum atomic E-state index is -1.05. The van der Waals surface area contributed by atoms with Gasteiger partial charge < -0.3 is 5.11 Å². The predicted octanol–water partition coefficient (Wildman–Crippen LogP) is 2.09. The van der Waals surface area contributed by atoms with Crippen LogP contribution in [0.3, 0.4) is 0 Å². The van der Waals surface area contributed by atoms with E-state index in [0.29, 0.717) is 11.3 Å². The Morgan fingerprint density at radius 1 is 1.22 bits per heavy atom. The minimum absolute atomic E-state index is 0.0157. The van der Waals surface area contributed by atoms with Gasteiger partial charge in [-0.15, -0.1) is 0 Å². The van der Waals surface area contributed by atoms with Crippen LogP contribution in [0.25, 0.3) is 16.9 Å². The third-order valence-corrected chi connectivity index (χ3v) is 2.68. The zero-order valence-corrected chi connectivity index (χ0v) is 9.32. The summed E-state index contributed by atoms with van der Waals surface area (Å²) in [7, 11) is 0. The number of fused-ring (bicyclic) bond motifs is 1. The molecular formula is C13H9N3O2. The molecule has 5 heteroatoms. The maximum Gasteiger partial charge on any atom is 0.356 e. The first-order valence-corrected chi connectivity index (χ1v) is 5.38. The summed E-state index contributed by atoms with van der Waals surface area (Å²) in [5, 5.41) is 9.14. The highest BCUT2D eigenvalue weighted by Crippen LogP contribution is 2.21. The molecular weight excluding hydrogens is 230 g/mol. The molecule has 0 fully saturated rings. The van der Waals surface area contributed by atoms with Crippen molar-refractivity contribution in [3.05, 3.63) is 54.6 Å². The molecule has 0 unspecified atom stereocenters. The Bertz CT molecular complexity index is 719. The number of carbonyl (C=O) groups is 1. The van der Waals surface area contributed by atoms with Crippen molar-refractivity contribution >= 4 is 11.5 Å². The number of benzene rings is 1. The predicted molar refractivity (Wildman–Crippen MR) is 65.4 cm³/mol. The van der Waals surface area contributed by atoms with E-state index in [1.807, 2.05) is 30.3 Å². The van der Waals surface area contributed by atoms with Crippen molar-refractivity contribution in [2.24, 2.45) is 0 Å². The molecule has 0 aliphatic rings. The topological polar surface area (TPSA) is 67.5 Å². The van der Waals surface area contributed by atoms with E-state index in [-0.39, 0.29) is 5.69 Å². The van der Waals surface area contributed by atoms with Crippen LogP contribution in [0.1, 0.15) is 10.5 Å². The number of carboxylic acids is 1. The average Bonchev–Trinajstić information content (AvgIpc) is 2.79. The summed E-state index contributed by atoms with van der Waals surface area (Å²) < 4.78 is 1.73. The van der Waals surface area contributed by atoms with Crippen LogP contribution in [-0.4, -0.2) is 25.4 Å². The first-order valence-electron chi connectivity index (χ1n) is 5.38. The fourth-order valence-corrected chi connectivity index (χ4v) is 1.89. The summed E-state index contributed by atoms with van der Waals surface area (Å²) in [5.41, 5.74) is 1.37. The monoisotopic (exact) mass is 239 g/mol. The Balaban J connectivity index is 2.34. The summed E-state index contributed by atoms with van der Waals surface area (Å²) in [5.74, 6) is -0.451. The summed E-state index contributed by atoms with van der Waals surface area (Å²) in [6.07, 6.45) is 4.81.